The van der Waals surface area contributed by atoms with Crippen molar-refractivity contribution in [2.24, 2.45) is 0 Å². The van der Waals surface area contributed by atoms with Crippen LogP contribution in [0.25, 0.3) is 0 Å². The number of amides is 1. The van der Waals surface area contributed by atoms with Gasteiger partial charge in [-0.15, -0.1) is 6.58 Å². The number of nitrogens with one attached hydrogen (secondary N) is 4. The molecule has 2 unspecified atom stereocenters. The van der Waals surface area contributed by atoms with Crippen LogP contribution in [0.5, 0.6) is 11.5 Å². The lowest BCUT2D eigenvalue weighted by atomic mass is 9.85. The number of hydrazine groups is 1. The molecule has 1 amide bonds. The number of benzene rings is 2. The van der Waals surface area contributed by atoms with Crippen molar-refractivity contribution in [2.45, 2.75) is 25.3 Å². The van der Waals surface area contributed by atoms with Crippen LogP contribution in [0.2, 0.25) is 0 Å². The van der Waals surface area contributed by atoms with Gasteiger partial charge in [0.25, 0.3) is 5.91 Å². The highest BCUT2D eigenvalue weighted by Crippen LogP contribution is 2.35. The molecule has 7 nitrogen and oxygen atoms in total. The normalized spacial score (nSPS) is 12.2. The smallest absolute Gasteiger partial charge is 0.252 e. The van der Waals surface area contributed by atoms with E-state index >= 15 is 0 Å². The molecule has 172 valence electrons. The molecule has 0 spiro atoms. The monoisotopic (exact) mass is 456 g/mol. The van der Waals surface area contributed by atoms with Gasteiger partial charge in [0.05, 0.1) is 20.8 Å². The molecule has 0 radical (unpaired) electrons. The number of rotatable bonds is 11. The summed E-state index contributed by atoms with van der Waals surface area (Å²) in [5, 5.41) is 6.64. The zero-order valence-electron chi connectivity index (χ0n) is 18.8. The van der Waals surface area contributed by atoms with Crippen molar-refractivity contribution < 1.29 is 14.3 Å². The molecular formula is C24H32N4O3S. The average Bonchev–Trinajstić information content (AvgIpc) is 2.84. The molecular weight excluding hydrogens is 424 g/mol. The Kier molecular flexibility index (Phi) is 10.5. The third-order valence-corrected chi connectivity index (χ3v) is 5.31. The number of hydrogen-bond acceptors (Lipinski definition) is 5. The molecule has 32 heavy (non-hydrogen) atoms. The van der Waals surface area contributed by atoms with E-state index in [1.807, 2.05) is 36.4 Å². The summed E-state index contributed by atoms with van der Waals surface area (Å²) in [6.07, 6.45) is 2.56. The Morgan fingerprint density at radius 3 is 2.06 bits per heavy atom. The third-order valence-electron chi connectivity index (χ3n) is 5.07. The molecule has 0 heterocycles. The van der Waals surface area contributed by atoms with Crippen LogP contribution in [0.1, 0.15) is 36.4 Å². The van der Waals surface area contributed by atoms with E-state index < -0.39 is 0 Å². The van der Waals surface area contributed by atoms with Crippen molar-refractivity contribution in [1.29, 1.82) is 0 Å². The summed E-state index contributed by atoms with van der Waals surface area (Å²) in [6.45, 7) is 6.38. The number of thiocarbonyl (C=S) groups is 1. The van der Waals surface area contributed by atoms with E-state index in [0.29, 0.717) is 11.7 Å². The highest BCUT2D eigenvalue weighted by Gasteiger charge is 2.24. The van der Waals surface area contributed by atoms with E-state index in [1.165, 1.54) is 0 Å². The standard InChI is InChI=1S/C24H32N4O3S/c1-5-15-25-24(32)28-27-22(29)16-26-23(18-9-13-20(31-4)14-10-18)21(6-2)17-7-11-19(30-3)12-8-17/h5,7-14,21,23,26H,1,6,15-16H2,2-4H3,(H,27,29)(H2,25,28,32). The van der Waals surface area contributed by atoms with Crippen LogP contribution in [0.4, 0.5) is 0 Å². The Morgan fingerprint density at radius 2 is 1.56 bits per heavy atom. The van der Waals surface area contributed by atoms with Crippen LogP contribution in [0.3, 0.4) is 0 Å². The molecule has 0 aliphatic heterocycles. The first kappa shape index (κ1) is 25.2. The maximum absolute atomic E-state index is 12.4. The first-order chi connectivity index (χ1) is 15.5. The Bertz CT molecular complexity index is 872. The van der Waals surface area contributed by atoms with E-state index in [2.05, 4.69) is 47.1 Å². The zero-order valence-corrected chi connectivity index (χ0v) is 19.6. The van der Waals surface area contributed by atoms with Gasteiger partial charge in [-0.3, -0.25) is 15.6 Å². The molecule has 2 rings (SSSR count). The fourth-order valence-corrected chi connectivity index (χ4v) is 3.54. The molecule has 2 aromatic rings. The van der Waals surface area contributed by atoms with Crippen molar-refractivity contribution in [1.82, 2.24) is 21.5 Å². The van der Waals surface area contributed by atoms with Crippen molar-refractivity contribution in [3.63, 3.8) is 0 Å². The molecule has 0 fully saturated rings. The summed E-state index contributed by atoms with van der Waals surface area (Å²) in [7, 11) is 3.29. The average molecular weight is 457 g/mol. The lowest BCUT2D eigenvalue weighted by Crippen LogP contribution is -2.49. The van der Waals surface area contributed by atoms with Crippen molar-refractivity contribution in [3.8, 4) is 11.5 Å². The van der Waals surface area contributed by atoms with Crippen LogP contribution in [-0.4, -0.2) is 38.3 Å². The van der Waals surface area contributed by atoms with Gasteiger partial charge in [0.15, 0.2) is 5.11 Å². The highest BCUT2D eigenvalue weighted by atomic mass is 32.1. The van der Waals surface area contributed by atoms with Crippen molar-refractivity contribution in [3.05, 3.63) is 72.3 Å². The Morgan fingerprint density at radius 1 is 1.00 bits per heavy atom. The molecule has 4 N–H and O–H groups in total. The third kappa shape index (κ3) is 7.55. The Hall–Kier alpha value is -3.10. The summed E-state index contributed by atoms with van der Waals surface area (Å²) in [5.74, 6) is 1.51. The lowest BCUT2D eigenvalue weighted by Gasteiger charge is -2.28. The van der Waals surface area contributed by atoms with Crippen molar-refractivity contribution >= 4 is 23.2 Å². The summed E-state index contributed by atoms with van der Waals surface area (Å²) >= 11 is 5.09. The number of carbonyl (C=O) groups excluding carboxylic acids is 1. The van der Waals surface area contributed by atoms with E-state index in [4.69, 9.17) is 21.7 Å². The topological polar surface area (TPSA) is 83.7 Å². The minimum Gasteiger partial charge on any atom is -0.497 e. The maximum Gasteiger partial charge on any atom is 0.252 e. The van der Waals surface area contributed by atoms with Gasteiger partial charge in [-0.1, -0.05) is 37.3 Å². The second kappa shape index (κ2) is 13.3. The lowest BCUT2D eigenvalue weighted by molar-refractivity contribution is -0.121. The summed E-state index contributed by atoms with van der Waals surface area (Å²) < 4.78 is 10.6. The van der Waals surface area contributed by atoms with Crippen LogP contribution in [0, 0.1) is 0 Å². The highest BCUT2D eigenvalue weighted by molar-refractivity contribution is 7.80. The fraction of sp³-hybridized carbons (Fsp3) is 0.333. The van der Waals surface area contributed by atoms with Crippen LogP contribution < -0.4 is 31.0 Å². The van der Waals surface area contributed by atoms with E-state index in [1.54, 1.807) is 20.3 Å². The quantitative estimate of drug-likeness (QED) is 0.235. The summed E-state index contributed by atoms with van der Waals surface area (Å²) in [5.41, 5.74) is 7.52. The maximum atomic E-state index is 12.4. The Labute approximate surface area is 195 Å². The zero-order chi connectivity index (χ0) is 23.3. The minimum atomic E-state index is -0.226. The second-order valence-corrected chi connectivity index (χ2v) is 7.50. The van der Waals surface area contributed by atoms with Gasteiger partial charge < -0.3 is 20.1 Å². The molecule has 2 aromatic carbocycles. The fourth-order valence-electron chi connectivity index (χ4n) is 3.40. The number of ether oxygens (including phenoxy) is 2. The number of hydrogen-bond donors (Lipinski definition) is 4. The summed E-state index contributed by atoms with van der Waals surface area (Å²) in [6, 6.07) is 15.9. The Balaban J connectivity index is 2.15. The molecule has 0 saturated carbocycles. The molecule has 0 bridgehead atoms. The van der Waals surface area contributed by atoms with Crippen LogP contribution >= 0.6 is 12.2 Å². The first-order valence-electron chi connectivity index (χ1n) is 10.5. The predicted octanol–water partition coefficient (Wildman–Crippen LogP) is 3.21. The van der Waals surface area contributed by atoms with Gasteiger partial charge in [-0.05, 0) is 54.0 Å². The van der Waals surface area contributed by atoms with E-state index in [-0.39, 0.29) is 24.4 Å². The number of methoxy groups -OCH3 is 2. The van der Waals surface area contributed by atoms with Crippen molar-refractivity contribution in [2.75, 3.05) is 27.3 Å². The van der Waals surface area contributed by atoms with E-state index in [0.717, 1.165) is 29.0 Å². The van der Waals surface area contributed by atoms with Gasteiger partial charge in [-0.2, -0.15) is 0 Å². The SMILES string of the molecule is C=CCNC(=S)NNC(=O)CNC(c1ccc(OC)cc1)C(CC)c1ccc(OC)cc1. The molecule has 8 heteroatoms. The molecule has 0 saturated heterocycles. The second-order valence-electron chi connectivity index (χ2n) is 7.09. The van der Waals surface area contributed by atoms with Gasteiger partial charge >= 0.3 is 0 Å². The minimum absolute atomic E-state index is 0.0871. The molecule has 2 atom stereocenters. The van der Waals surface area contributed by atoms with Gasteiger partial charge in [-0.25, -0.2) is 0 Å². The largest absolute Gasteiger partial charge is 0.497 e. The van der Waals surface area contributed by atoms with Gasteiger partial charge in [0.1, 0.15) is 11.5 Å². The molecule has 0 aromatic heterocycles. The van der Waals surface area contributed by atoms with E-state index in [9.17, 15) is 4.79 Å². The molecule has 0 aliphatic carbocycles. The molecule has 0 aliphatic rings. The summed E-state index contributed by atoms with van der Waals surface area (Å²) in [4.78, 5) is 12.4. The predicted molar refractivity (Wildman–Crippen MR) is 132 cm³/mol. The number of carbonyl (C=O) groups is 1. The van der Waals surface area contributed by atoms with Crippen LogP contribution in [-0.2, 0) is 4.79 Å². The van der Waals surface area contributed by atoms with Gasteiger partial charge in [0.2, 0.25) is 0 Å². The van der Waals surface area contributed by atoms with Crippen LogP contribution in [0.15, 0.2) is 61.2 Å². The van der Waals surface area contributed by atoms with Gasteiger partial charge in [0, 0.05) is 18.5 Å². The first-order valence-corrected chi connectivity index (χ1v) is 10.9.